The fraction of sp³-hybridized carbons (Fsp3) is 0.500. The zero-order valence-corrected chi connectivity index (χ0v) is 12.7. The Labute approximate surface area is 118 Å². The SMILES string of the molecule is COc1ccc(NS(=O)(=O)CC(C)CCl)c(OC)c1. The minimum absolute atomic E-state index is 0.0360. The van der Waals surface area contributed by atoms with Crippen LogP contribution in [0.4, 0.5) is 5.69 Å². The predicted octanol–water partition coefficient (Wildman–Crippen LogP) is 2.32. The number of alkyl halides is 1. The lowest BCUT2D eigenvalue weighted by atomic mass is 10.3. The Morgan fingerprint density at radius 2 is 2.00 bits per heavy atom. The van der Waals surface area contributed by atoms with E-state index in [1.165, 1.54) is 14.2 Å². The molecule has 0 aliphatic heterocycles. The molecule has 0 aliphatic rings. The van der Waals surface area contributed by atoms with Crippen LogP contribution in [0, 0.1) is 5.92 Å². The van der Waals surface area contributed by atoms with E-state index in [9.17, 15) is 8.42 Å². The molecule has 0 aliphatic carbocycles. The number of benzene rings is 1. The number of rotatable bonds is 7. The minimum atomic E-state index is -3.45. The van der Waals surface area contributed by atoms with Crippen LogP contribution < -0.4 is 14.2 Å². The Hall–Kier alpha value is -1.14. The van der Waals surface area contributed by atoms with Crippen LogP contribution >= 0.6 is 11.6 Å². The second-order valence-electron chi connectivity index (χ2n) is 4.21. The molecule has 1 aromatic carbocycles. The Morgan fingerprint density at radius 3 is 2.53 bits per heavy atom. The summed E-state index contributed by atoms with van der Waals surface area (Å²) in [7, 11) is -0.459. The summed E-state index contributed by atoms with van der Waals surface area (Å²) < 4.78 is 36.5. The van der Waals surface area contributed by atoms with Gasteiger partial charge in [-0.3, -0.25) is 4.72 Å². The molecule has 0 radical (unpaired) electrons. The molecule has 1 rings (SSSR count). The van der Waals surface area contributed by atoms with Crippen LogP contribution in [0.1, 0.15) is 6.92 Å². The van der Waals surface area contributed by atoms with Gasteiger partial charge in [-0.1, -0.05) is 6.92 Å². The van der Waals surface area contributed by atoms with Crippen LogP contribution in [0.25, 0.3) is 0 Å². The van der Waals surface area contributed by atoms with Crippen molar-refractivity contribution in [3.05, 3.63) is 18.2 Å². The molecule has 0 heterocycles. The Balaban J connectivity index is 2.92. The highest BCUT2D eigenvalue weighted by Gasteiger charge is 2.17. The summed E-state index contributed by atoms with van der Waals surface area (Å²) in [6, 6.07) is 4.87. The van der Waals surface area contributed by atoms with Gasteiger partial charge in [0.1, 0.15) is 11.5 Å². The van der Waals surface area contributed by atoms with Gasteiger partial charge in [0.25, 0.3) is 0 Å². The third kappa shape index (κ3) is 4.80. The number of nitrogens with one attached hydrogen (secondary N) is 1. The van der Waals surface area contributed by atoms with Crippen LogP contribution in [0.3, 0.4) is 0 Å². The van der Waals surface area contributed by atoms with Crippen molar-refractivity contribution in [3.8, 4) is 11.5 Å². The maximum Gasteiger partial charge on any atom is 0.233 e. The second kappa shape index (κ2) is 6.86. The van der Waals surface area contributed by atoms with E-state index in [0.717, 1.165) is 0 Å². The van der Waals surface area contributed by atoms with Gasteiger partial charge in [0.15, 0.2) is 0 Å². The van der Waals surface area contributed by atoms with Crippen LogP contribution in [0.2, 0.25) is 0 Å². The highest BCUT2D eigenvalue weighted by atomic mass is 35.5. The van der Waals surface area contributed by atoms with Gasteiger partial charge in [-0.05, 0) is 18.1 Å². The number of halogens is 1. The molecule has 1 N–H and O–H groups in total. The van der Waals surface area contributed by atoms with Crippen molar-refractivity contribution in [3.63, 3.8) is 0 Å². The fourth-order valence-corrected chi connectivity index (χ4v) is 3.20. The van der Waals surface area contributed by atoms with Gasteiger partial charge >= 0.3 is 0 Å². The van der Waals surface area contributed by atoms with E-state index in [-0.39, 0.29) is 11.7 Å². The standard InChI is InChI=1S/C12H18ClNO4S/c1-9(7-13)8-19(15,16)14-11-5-4-10(17-2)6-12(11)18-3/h4-6,9,14H,7-8H2,1-3H3. The lowest BCUT2D eigenvalue weighted by molar-refractivity contribution is 0.395. The van der Waals surface area contributed by atoms with Crippen molar-refractivity contribution in [2.75, 3.05) is 30.6 Å². The second-order valence-corrected chi connectivity index (χ2v) is 6.28. The summed E-state index contributed by atoms with van der Waals surface area (Å²) in [6.45, 7) is 1.78. The van der Waals surface area contributed by atoms with E-state index in [1.807, 2.05) is 0 Å². The number of anilines is 1. The zero-order chi connectivity index (χ0) is 14.5. The first-order chi connectivity index (χ1) is 8.91. The molecule has 1 aromatic rings. The van der Waals surface area contributed by atoms with Crippen molar-refractivity contribution in [1.29, 1.82) is 0 Å². The van der Waals surface area contributed by atoms with Gasteiger partial charge in [-0.25, -0.2) is 8.42 Å². The predicted molar refractivity (Wildman–Crippen MR) is 76.8 cm³/mol. The average Bonchev–Trinajstić information content (AvgIpc) is 2.38. The summed E-state index contributed by atoms with van der Waals surface area (Å²) >= 11 is 5.63. The topological polar surface area (TPSA) is 64.6 Å². The molecule has 5 nitrogen and oxygen atoms in total. The zero-order valence-electron chi connectivity index (χ0n) is 11.1. The molecule has 0 saturated heterocycles. The lowest BCUT2D eigenvalue weighted by Gasteiger charge is -2.14. The third-order valence-corrected chi connectivity index (χ3v) is 4.51. The van der Waals surface area contributed by atoms with Gasteiger partial charge < -0.3 is 9.47 Å². The van der Waals surface area contributed by atoms with Crippen LogP contribution in [0.5, 0.6) is 11.5 Å². The summed E-state index contributed by atoms with van der Waals surface area (Å²) in [4.78, 5) is 0. The molecule has 0 bridgehead atoms. The van der Waals surface area contributed by atoms with E-state index >= 15 is 0 Å². The quantitative estimate of drug-likeness (QED) is 0.785. The molecule has 108 valence electrons. The Kier molecular flexibility index (Phi) is 5.75. The monoisotopic (exact) mass is 307 g/mol. The van der Waals surface area contributed by atoms with Gasteiger partial charge in [-0.15, -0.1) is 11.6 Å². The van der Waals surface area contributed by atoms with Crippen LogP contribution in [-0.2, 0) is 10.0 Å². The first-order valence-corrected chi connectivity index (χ1v) is 7.89. The van der Waals surface area contributed by atoms with E-state index in [2.05, 4.69) is 4.72 Å². The molecule has 0 aromatic heterocycles. The molecule has 1 atom stereocenters. The Morgan fingerprint density at radius 1 is 1.32 bits per heavy atom. The van der Waals surface area contributed by atoms with Crippen LogP contribution in [0.15, 0.2) is 18.2 Å². The third-order valence-electron chi connectivity index (χ3n) is 2.44. The number of hydrogen-bond donors (Lipinski definition) is 1. The smallest absolute Gasteiger partial charge is 0.233 e. The van der Waals surface area contributed by atoms with Crippen LogP contribution in [-0.4, -0.2) is 34.3 Å². The first-order valence-electron chi connectivity index (χ1n) is 5.70. The molecule has 0 amide bonds. The first kappa shape index (κ1) is 15.9. The number of methoxy groups -OCH3 is 2. The number of sulfonamides is 1. The highest BCUT2D eigenvalue weighted by Crippen LogP contribution is 2.29. The van der Waals surface area contributed by atoms with E-state index in [1.54, 1.807) is 25.1 Å². The molecule has 1 unspecified atom stereocenters. The molecular weight excluding hydrogens is 290 g/mol. The summed E-state index contributed by atoms with van der Waals surface area (Å²) in [5, 5.41) is 0. The van der Waals surface area contributed by atoms with E-state index in [0.29, 0.717) is 23.1 Å². The van der Waals surface area contributed by atoms with Crippen molar-refractivity contribution in [2.45, 2.75) is 6.92 Å². The van der Waals surface area contributed by atoms with Crippen molar-refractivity contribution in [2.24, 2.45) is 5.92 Å². The van der Waals surface area contributed by atoms with Gasteiger partial charge in [0.05, 0.1) is 25.7 Å². The molecule has 19 heavy (non-hydrogen) atoms. The summed E-state index contributed by atoms with van der Waals surface area (Å²) in [5.41, 5.74) is 0.380. The largest absolute Gasteiger partial charge is 0.497 e. The normalized spacial score (nSPS) is 12.8. The lowest BCUT2D eigenvalue weighted by Crippen LogP contribution is -2.22. The maximum absolute atomic E-state index is 11.9. The molecule has 0 spiro atoms. The molecule has 0 saturated carbocycles. The van der Waals surface area contributed by atoms with Gasteiger partial charge in [0.2, 0.25) is 10.0 Å². The molecule has 7 heteroatoms. The fourth-order valence-electron chi connectivity index (χ4n) is 1.51. The average molecular weight is 308 g/mol. The summed E-state index contributed by atoms with van der Waals surface area (Å²) in [6.07, 6.45) is 0. The molecular formula is C12H18ClNO4S. The summed E-state index contributed by atoms with van der Waals surface area (Å²) in [5.74, 6) is 1.13. The number of hydrogen-bond acceptors (Lipinski definition) is 4. The van der Waals surface area contributed by atoms with E-state index in [4.69, 9.17) is 21.1 Å². The highest BCUT2D eigenvalue weighted by molar-refractivity contribution is 7.92. The number of ether oxygens (including phenoxy) is 2. The van der Waals surface area contributed by atoms with Crippen molar-refractivity contribution >= 4 is 27.3 Å². The van der Waals surface area contributed by atoms with Gasteiger partial charge in [0, 0.05) is 11.9 Å². The van der Waals surface area contributed by atoms with Crippen molar-refractivity contribution in [1.82, 2.24) is 0 Å². The van der Waals surface area contributed by atoms with Crippen molar-refractivity contribution < 1.29 is 17.9 Å². The minimum Gasteiger partial charge on any atom is -0.497 e. The molecule has 0 fully saturated rings. The Bertz CT molecular complexity index is 518. The van der Waals surface area contributed by atoms with E-state index < -0.39 is 10.0 Å². The van der Waals surface area contributed by atoms with Gasteiger partial charge in [-0.2, -0.15) is 0 Å². The maximum atomic E-state index is 11.9.